The molecule has 4 nitrogen and oxygen atoms in total. The molecule has 5 heteroatoms. The van der Waals surface area contributed by atoms with Crippen LogP contribution in [0.15, 0.2) is 0 Å². The van der Waals surface area contributed by atoms with Gasteiger partial charge in [-0.15, -0.1) is 0 Å². The molecule has 1 rings (SSSR count). The average Bonchev–Trinajstić information content (AvgIpc) is 2.42. The van der Waals surface area contributed by atoms with Crippen LogP contribution in [0, 0.1) is 5.41 Å². The van der Waals surface area contributed by atoms with E-state index < -0.39 is 11.0 Å². The Kier molecular flexibility index (Phi) is 3.76. The average molecular weight is 314 g/mol. The summed E-state index contributed by atoms with van der Waals surface area (Å²) >= 11 is 2.08. The number of rotatable bonds is 3. The summed E-state index contributed by atoms with van der Waals surface area (Å²) < 4.78 is 10.6. The largest absolute Gasteiger partial charge is 0.465 e. The Morgan fingerprint density at radius 3 is 2.64 bits per heavy atom. The fraction of sp³-hybridized carbons (Fsp3) is 0.889. The smallest absolute Gasteiger partial charge is 0.318 e. The lowest BCUT2D eigenvalue weighted by Gasteiger charge is -2.33. The summed E-state index contributed by atoms with van der Waals surface area (Å²) in [5.74, 6) is -0.364. The van der Waals surface area contributed by atoms with Crippen molar-refractivity contribution < 1.29 is 19.4 Å². The second-order valence-electron chi connectivity index (χ2n) is 3.70. The fourth-order valence-corrected chi connectivity index (χ4v) is 2.86. The Morgan fingerprint density at radius 1 is 1.64 bits per heavy atom. The Morgan fingerprint density at radius 2 is 2.29 bits per heavy atom. The summed E-state index contributed by atoms with van der Waals surface area (Å²) in [4.78, 5) is 11.7. The molecule has 0 radical (unpaired) electrons. The molecule has 1 fully saturated rings. The van der Waals surface area contributed by atoms with E-state index in [2.05, 4.69) is 22.6 Å². The summed E-state index contributed by atoms with van der Waals surface area (Å²) in [5.41, 5.74) is -2.02. The van der Waals surface area contributed by atoms with E-state index in [4.69, 9.17) is 9.47 Å². The predicted molar refractivity (Wildman–Crippen MR) is 59.4 cm³/mol. The molecule has 0 aliphatic carbocycles. The normalized spacial score (nSPS) is 37.1. The highest BCUT2D eigenvalue weighted by Crippen LogP contribution is 2.40. The molecule has 0 saturated carbocycles. The lowest BCUT2D eigenvalue weighted by Crippen LogP contribution is -2.52. The molecule has 2 atom stereocenters. The van der Waals surface area contributed by atoms with Crippen LogP contribution in [0.5, 0.6) is 0 Å². The van der Waals surface area contributed by atoms with Crippen LogP contribution in [0.1, 0.15) is 13.8 Å². The van der Waals surface area contributed by atoms with Gasteiger partial charge in [-0.05, 0) is 13.8 Å². The summed E-state index contributed by atoms with van der Waals surface area (Å²) in [6, 6.07) is 0. The van der Waals surface area contributed by atoms with Gasteiger partial charge in [-0.1, -0.05) is 22.6 Å². The number of halogens is 1. The zero-order valence-corrected chi connectivity index (χ0v) is 10.5. The summed E-state index contributed by atoms with van der Waals surface area (Å²) in [6.07, 6.45) is 0. The van der Waals surface area contributed by atoms with Crippen LogP contribution in [0.4, 0.5) is 0 Å². The van der Waals surface area contributed by atoms with Crippen LogP contribution in [-0.2, 0) is 14.3 Å². The Hall–Kier alpha value is 0.120. The minimum Gasteiger partial charge on any atom is -0.465 e. The third kappa shape index (κ3) is 1.77. The number of alkyl halides is 1. The molecule has 0 amide bonds. The van der Waals surface area contributed by atoms with Crippen molar-refractivity contribution >= 4 is 28.6 Å². The molecule has 0 bridgehead atoms. The van der Waals surface area contributed by atoms with Gasteiger partial charge in [0.05, 0.1) is 19.8 Å². The molecule has 1 aliphatic heterocycles. The van der Waals surface area contributed by atoms with Crippen LogP contribution >= 0.6 is 22.6 Å². The van der Waals surface area contributed by atoms with Crippen molar-refractivity contribution in [2.45, 2.75) is 19.4 Å². The predicted octanol–water partition coefficient (Wildman–Crippen LogP) is 0.752. The molecular formula is C9H15IO4. The first-order valence-electron chi connectivity index (χ1n) is 4.53. The molecule has 0 aromatic heterocycles. The van der Waals surface area contributed by atoms with Gasteiger partial charge in [0.1, 0.15) is 11.0 Å². The van der Waals surface area contributed by atoms with Crippen molar-refractivity contribution in [1.82, 2.24) is 0 Å². The van der Waals surface area contributed by atoms with E-state index in [-0.39, 0.29) is 19.2 Å². The van der Waals surface area contributed by atoms with E-state index in [1.165, 1.54) is 0 Å². The first kappa shape index (κ1) is 12.2. The molecule has 14 heavy (non-hydrogen) atoms. The number of hydrogen-bond donors (Lipinski definition) is 1. The topological polar surface area (TPSA) is 55.8 Å². The first-order chi connectivity index (χ1) is 6.50. The Labute approximate surface area is 97.1 Å². The SMILES string of the molecule is CCOC(=O)[C@@]1(CI)COC[C@@]1(C)O. The molecule has 82 valence electrons. The molecule has 1 aliphatic rings. The van der Waals surface area contributed by atoms with E-state index in [1.54, 1.807) is 13.8 Å². The fourth-order valence-electron chi connectivity index (χ4n) is 1.50. The van der Waals surface area contributed by atoms with Crippen LogP contribution in [0.25, 0.3) is 0 Å². The third-order valence-electron chi connectivity index (χ3n) is 2.66. The van der Waals surface area contributed by atoms with E-state index in [0.717, 1.165) is 0 Å². The maximum Gasteiger partial charge on any atom is 0.318 e. The van der Waals surface area contributed by atoms with E-state index in [0.29, 0.717) is 11.0 Å². The van der Waals surface area contributed by atoms with Crippen LogP contribution in [0.2, 0.25) is 0 Å². The lowest BCUT2D eigenvalue weighted by molar-refractivity contribution is -0.163. The van der Waals surface area contributed by atoms with Crippen molar-refractivity contribution in [1.29, 1.82) is 0 Å². The van der Waals surface area contributed by atoms with Crippen molar-refractivity contribution in [3.05, 3.63) is 0 Å². The minimum atomic E-state index is -1.12. The third-order valence-corrected chi connectivity index (χ3v) is 3.96. The van der Waals surface area contributed by atoms with E-state index in [1.807, 2.05) is 0 Å². The maximum absolute atomic E-state index is 11.7. The quantitative estimate of drug-likeness (QED) is 0.475. The second kappa shape index (κ2) is 4.32. The monoisotopic (exact) mass is 314 g/mol. The molecule has 1 saturated heterocycles. The van der Waals surface area contributed by atoms with Crippen LogP contribution < -0.4 is 0 Å². The first-order valence-corrected chi connectivity index (χ1v) is 6.06. The molecule has 0 unspecified atom stereocenters. The van der Waals surface area contributed by atoms with Crippen LogP contribution in [0.3, 0.4) is 0 Å². The summed E-state index contributed by atoms with van der Waals surface area (Å²) in [7, 11) is 0. The van der Waals surface area contributed by atoms with Gasteiger partial charge < -0.3 is 14.6 Å². The van der Waals surface area contributed by atoms with Gasteiger partial charge in [-0.3, -0.25) is 4.79 Å². The van der Waals surface area contributed by atoms with Crippen LogP contribution in [-0.4, -0.2) is 40.9 Å². The minimum absolute atomic E-state index is 0.189. The van der Waals surface area contributed by atoms with Gasteiger partial charge in [-0.2, -0.15) is 0 Å². The van der Waals surface area contributed by atoms with Crippen molar-refractivity contribution in [3.8, 4) is 0 Å². The highest BCUT2D eigenvalue weighted by molar-refractivity contribution is 14.1. The standard InChI is InChI=1S/C9H15IO4/c1-3-14-7(11)9(4-10)6-13-5-8(9,2)12/h12H,3-6H2,1-2H3/t8-,9-/m1/s1. The highest BCUT2D eigenvalue weighted by atomic mass is 127. The Balaban J connectivity index is 2.90. The van der Waals surface area contributed by atoms with E-state index in [9.17, 15) is 9.90 Å². The van der Waals surface area contributed by atoms with Gasteiger partial charge in [-0.25, -0.2) is 0 Å². The summed E-state index contributed by atoms with van der Waals surface area (Å²) in [6.45, 7) is 4.13. The van der Waals surface area contributed by atoms with Gasteiger partial charge >= 0.3 is 5.97 Å². The van der Waals surface area contributed by atoms with Gasteiger partial charge in [0.2, 0.25) is 0 Å². The lowest BCUT2D eigenvalue weighted by atomic mass is 9.77. The number of esters is 1. The zero-order chi connectivity index (χ0) is 10.8. The number of ether oxygens (including phenoxy) is 2. The number of carbonyl (C=O) groups is 1. The Bertz CT molecular complexity index is 229. The maximum atomic E-state index is 11.7. The molecule has 0 aromatic rings. The van der Waals surface area contributed by atoms with Gasteiger partial charge in [0.25, 0.3) is 0 Å². The van der Waals surface area contributed by atoms with Crippen molar-refractivity contribution in [2.24, 2.45) is 5.41 Å². The highest BCUT2D eigenvalue weighted by Gasteiger charge is 2.58. The molecule has 0 spiro atoms. The number of aliphatic hydroxyl groups is 1. The number of carbonyl (C=O) groups excluding carboxylic acids is 1. The van der Waals surface area contributed by atoms with Gasteiger partial charge in [0, 0.05) is 4.43 Å². The van der Waals surface area contributed by atoms with Gasteiger partial charge in [0.15, 0.2) is 0 Å². The second-order valence-corrected chi connectivity index (χ2v) is 4.47. The van der Waals surface area contributed by atoms with Crippen molar-refractivity contribution in [2.75, 3.05) is 24.2 Å². The molecule has 1 heterocycles. The molecule has 0 aromatic carbocycles. The van der Waals surface area contributed by atoms with E-state index >= 15 is 0 Å². The molecule has 1 N–H and O–H groups in total. The molecular weight excluding hydrogens is 299 g/mol. The summed E-state index contributed by atoms with van der Waals surface area (Å²) in [5, 5.41) is 10.1. The van der Waals surface area contributed by atoms with Crippen molar-refractivity contribution in [3.63, 3.8) is 0 Å². The zero-order valence-electron chi connectivity index (χ0n) is 8.38. The number of hydrogen-bond acceptors (Lipinski definition) is 4.